The number of carbonyl (C=O) groups is 1. The van der Waals surface area contributed by atoms with Crippen LogP contribution >= 0.6 is 0 Å². The molecule has 36 heavy (non-hydrogen) atoms. The van der Waals surface area contributed by atoms with Crippen LogP contribution in [0.25, 0.3) is 16.7 Å². The predicted molar refractivity (Wildman–Crippen MR) is 144 cm³/mol. The first-order valence-electron chi connectivity index (χ1n) is 12.9. The number of likely N-dealkylation sites (tertiary alicyclic amines) is 1. The van der Waals surface area contributed by atoms with Gasteiger partial charge >= 0.3 is 0 Å². The van der Waals surface area contributed by atoms with E-state index in [1.165, 1.54) is 5.56 Å². The molecule has 2 aromatic carbocycles. The van der Waals surface area contributed by atoms with E-state index in [2.05, 4.69) is 75.1 Å². The van der Waals surface area contributed by atoms with Gasteiger partial charge < -0.3 is 10.6 Å². The van der Waals surface area contributed by atoms with Gasteiger partial charge in [-0.3, -0.25) is 14.3 Å². The molecule has 2 aromatic heterocycles. The molecule has 3 heterocycles. The third-order valence-electron chi connectivity index (χ3n) is 6.80. The number of nitrogens with one attached hydrogen (secondary N) is 2. The Morgan fingerprint density at radius 2 is 1.75 bits per heavy atom. The number of hydrogen-bond acceptors (Lipinski definition) is 5. The molecule has 1 saturated heterocycles. The molecule has 0 atom stereocenters. The van der Waals surface area contributed by atoms with Crippen LogP contribution in [-0.2, 0) is 17.8 Å². The van der Waals surface area contributed by atoms with E-state index in [0.29, 0.717) is 19.0 Å². The predicted octanol–water partition coefficient (Wildman–Crippen LogP) is 4.57. The summed E-state index contributed by atoms with van der Waals surface area (Å²) in [5.41, 5.74) is 3.38. The number of benzene rings is 2. The van der Waals surface area contributed by atoms with Crippen LogP contribution < -0.4 is 10.6 Å². The van der Waals surface area contributed by atoms with Crippen molar-refractivity contribution in [3.63, 3.8) is 0 Å². The lowest BCUT2D eigenvalue weighted by molar-refractivity contribution is -0.120. The molecule has 186 valence electrons. The van der Waals surface area contributed by atoms with Gasteiger partial charge in [0.2, 0.25) is 5.91 Å². The molecular formula is C29H34N6O. The number of amides is 1. The summed E-state index contributed by atoms with van der Waals surface area (Å²) in [6.07, 6.45) is 5.46. The lowest BCUT2D eigenvalue weighted by atomic mass is 10.0. The van der Waals surface area contributed by atoms with E-state index in [1.807, 2.05) is 35.0 Å². The van der Waals surface area contributed by atoms with Crippen molar-refractivity contribution in [2.45, 2.75) is 45.2 Å². The normalized spacial score (nSPS) is 14.7. The zero-order chi connectivity index (χ0) is 24.7. The largest absolute Gasteiger partial charge is 0.366 e. The summed E-state index contributed by atoms with van der Waals surface area (Å²) in [7, 11) is 0. The number of anilines is 1. The fourth-order valence-corrected chi connectivity index (χ4v) is 4.90. The Hall–Kier alpha value is -3.71. The summed E-state index contributed by atoms with van der Waals surface area (Å²) in [5, 5.41) is 16.6. The van der Waals surface area contributed by atoms with Gasteiger partial charge in [0, 0.05) is 43.8 Å². The van der Waals surface area contributed by atoms with Crippen LogP contribution in [0.1, 0.15) is 37.3 Å². The van der Waals surface area contributed by atoms with E-state index in [0.717, 1.165) is 67.0 Å². The van der Waals surface area contributed by atoms with Gasteiger partial charge in [-0.15, -0.1) is 10.2 Å². The number of aromatic nitrogens is 3. The van der Waals surface area contributed by atoms with E-state index in [-0.39, 0.29) is 5.91 Å². The zero-order valence-electron chi connectivity index (χ0n) is 20.9. The average molecular weight is 483 g/mol. The maximum Gasteiger partial charge on any atom is 0.224 e. The summed E-state index contributed by atoms with van der Waals surface area (Å²) in [6.45, 7) is 5.90. The van der Waals surface area contributed by atoms with Gasteiger partial charge in [0.1, 0.15) is 5.82 Å². The molecule has 4 aromatic rings. The Bertz CT molecular complexity index is 1280. The Balaban J connectivity index is 1.22. The highest BCUT2D eigenvalue weighted by Crippen LogP contribution is 2.25. The van der Waals surface area contributed by atoms with Crippen molar-refractivity contribution >= 4 is 22.6 Å². The van der Waals surface area contributed by atoms with E-state index >= 15 is 0 Å². The van der Waals surface area contributed by atoms with Crippen molar-refractivity contribution in [3.8, 4) is 5.82 Å². The number of para-hydroxylation sites is 1. The van der Waals surface area contributed by atoms with Crippen molar-refractivity contribution < 1.29 is 4.79 Å². The number of hydrogen-bond donors (Lipinski definition) is 2. The van der Waals surface area contributed by atoms with Gasteiger partial charge in [-0.25, -0.2) is 0 Å². The third-order valence-corrected chi connectivity index (χ3v) is 6.80. The highest BCUT2D eigenvalue weighted by molar-refractivity contribution is 5.90. The van der Waals surface area contributed by atoms with Crippen LogP contribution in [0.3, 0.4) is 0 Å². The van der Waals surface area contributed by atoms with E-state index < -0.39 is 0 Å². The fraction of sp³-hybridized carbons (Fsp3) is 0.345. The van der Waals surface area contributed by atoms with Crippen LogP contribution in [-0.4, -0.2) is 51.2 Å². The standard InChI is InChI=1S/C29H34N6O/c1-2-16-30-29(36)19-23-21-35(26-11-7-6-10-25(23)26)28-13-12-27(32-33-28)31-24-14-17-34(18-15-24)20-22-8-4-3-5-9-22/h3-13,21,24H,2,14-20H2,1H3,(H,30,36)(H,31,32). The smallest absolute Gasteiger partial charge is 0.224 e. The molecule has 1 aliphatic rings. The van der Waals surface area contributed by atoms with Gasteiger partial charge in [-0.1, -0.05) is 55.5 Å². The summed E-state index contributed by atoms with van der Waals surface area (Å²) in [6, 6.07) is 23.2. The number of nitrogens with zero attached hydrogens (tertiary/aromatic N) is 4. The second kappa shape index (κ2) is 11.4. The molecule has 2 N–H and O–H groups in total. The van der Waals surface area contributed by atoms with Crippen molar-refractivity contribution in [2.75, 3.05) is 25.0 Å². The Morgan fingerprint density at radius 3 is 2.50 bits per heavy atom. The topological polar surface area (TPSA) is 75.1 Å². The van der Waals surface area contributed by atoms with Gasteiger partial charge in [0.25, 0.3) is 0 Å². The molecule has 1 amide bonds. The first-order valence-corrected chi connectivity index (χ1v) is 12.9. The van der Waals surface area contributed by atoms with Crippen molar-refractivity contribution in [2.24, 2.45) is 0 Å². The highest BCUT2D eigenvalue weighted by Gasteiger charge is 2.20. The van der Waals surface area contributed by atoms with Crippen LogP contribution in [0.15, 0.2) is 72.9 Å². The van der Waals surface area contributed by atoms with Crippen molar-refractivity contribution in [1.82, 2.24) is 25.0 Å². The quantitative estimate of drug-likeness (QED) is 0.366. The minimum absolute atomic E-state index is 0.0419. The number of carbonyl (C=O) groups excluding carboxylic acids is 1. The van der Waals surface area contributed by atoms with Crippen LogP contribution in [0, 0.1) is 0 Å². The molecule has 0 saturated carbocycles. The van der Waals surface area contributed by atoms with Crippen molar-refractivity contribution in [1.29, 1.82) is 0 Å². The summed E-state index contributed by atoms with van der Waals surface area (Å²) in [4.78, 5) is 14.9. The second-order valence-corrected chi connectivity index (χ2v) is 9.53. The Morgan fingerprint density at radius 1 is 0.972 bits per heavy atom. The Labute approximate surface area is 212 Å². The van der Waals surface area contributed by atoms with E-state index in [4.69, 9.17) is 0 Å². The molecule has 7 nitrogen and oxygen atoms in total. The second-order valence-electron chi connectivity index (χ2n) is 9.53. The monoisotopic (exact) mass is 482 g/mol. The molecular weight excluding hydrogens is 448 g/mol. The van der Waals surface area contributed by atoms with E-state index in [1.54, 1.807) is 0 Å². The Kier molecular flexibility index (Phi) is 7.57. The number of fused-ring (bicyclic) bond motifs is 1. The summed E-state index contributed by atoms with van der Waals surface area (Å²) in [5.74, 6) is 1.59. The lowest BCUT2D eigenvalue weighted by Gasteiger charge is -2.32. The molecule has 0 aliphatic carbocycles. The maximum absolute atomic E-state index is 12.3. The fourth-order valence-electron chi connectivity index (χ4n) is 4.90. The highest BCUT2D eigenvalue weighted by atomic mass is 16.1. The first-order chi connectivity index (χ1) is 17.7. The molecule has 5 rings (SSSR count). The summed E-state index contributed by atoms with van der Waals surface area (Å²) >= 11 is 0. The van der Waals surface area contributed by atoms with Crippen LogP contribution in [0.5, 0.6) is 0 Å². The zero-order valence-corrected chi connectivity index (χ0v) is 20.9. The molecule has 7 heteroatoms. The molecule has 0 unspecified atom stereocenters. The van der Waals surface area contributed by atoms with Gasteiger partial charge in [-0.05, 0) is 48.6 Å². The first kappa shape index (κ1) is 24.0. The third kappa shape index (κ3) is 5.74. The molecule has 1 aliphatic heterocycles. The molecule has 1 fully saturated rings. The van der Waals surface area contributed by atoms with Gasteiger partial charge in [-0.2, -0.15) is 0 Å². The van der Waals surface area contributed by atoms with Crippen LogP contribution in [0.2, 0.25) is 0 Å². The summed E-state index contributed by atoms with van der Waals surface area (Å²) < 4.78 is 2.02. The minimum Gasteiger partial charge on any atom is -0.366 e. The number of piperidine rings is 1. The van der Waals surface area contributed by atoms with Gasteiger partial charge in [0.05, 0.1) is 11.9 Å². The lowest BCUT2D eigenvalue weighted by Crippen LogP contribution is -2.38. The van der Waals surface area contributed by atoms with Crippen LogP contribution in [0.4, 0.5) is 5.82 Å². The molecule has 0 spiro atoms. The van der Waals surface area contributed by atoms with Gasteiger partial charge in [0.15, 0.2) is 5.82 Å². The maximum atomic E-state index is 12.3. The molecule has 0 radical (unpaired) electrons. The minimum atomic E-state index is 0.0419. The van der Waals surface area contributed by atoms with E-state index in [9.17, 15) is 4.79 Å². The average Bonchev–Trinajstić information content (AvgIpc) is 3.28. The SMILES string of the molecule is CCCNC(=O)Cc1cn(-c2ccc(NC3CCN(Cc4ccccc4)CC3)nn2)c2ccccc12. The number of rotatable bonds is 9. The molecule has 0 bridgehead atoms. The van der Waals surface area contributed by atoms with Crippen molar-refractivity contribution in [3.05, 3.63) is 84.1 Å².